The van der Waals surface area contributed by atoms with Crippen molar-refractivity contribution in [3.8, 4) is 0 Å². The van der Waals surface area contributed by atoms with E-state index < -0.39 is 0 Å². The molecule has 0 unspecified atom stereocenters. The third kappa shape index (κ3) is 1.45. The largest absolute Gasteiger partial charge is 0.380 e. The number of nitrogens with one attached hydrogen (secondary N) is 1. The summed E-state index contributed by atoms with van der Waals surface area (Å²) in [6.07, 6.45) is 0.801. The van der Waals surface area contributed by atoms with Gasteiger partial charge in [-0.25, -0.2) is 0 Å². The van der Waals surface area contributed by atoms with Crippen LogP contribution in [0.25, 0.3) is 0 Å². The molecule has 3 rings (SSSR count). The van der Waals surface area contributed by atoms with E-state index in [0.717, 1.165) is 46.3 Å². The predicted octanol–water partition coefficient (Wildman–Crippen LogP) is 1.68. The van der Waals surface area contributed by atoms with Gasteiger partial charge in [0, 0.05) is 34.9 Å². The number of aryl methyl sites for hydroxylation is 1. The number of ketones is 1. The van der Waals surface area contributed by atoms with Crippen LogP contribution >= 0.6 is 11.8 Å². The van der Waals surface area contributed by atoms with Gasteiger partial charge in [-0.2, -0.15) is 0 Å². The second-order valence-electron chi connectivity index (χ2n) is 4.03. The number of aromatic nitrogens is 1. The van der Waals surface area contributed by atoms with Crippen LogP contribution in [0.5, 0.6) is 0 Å². The minimum atomic E-state index is 0.107. The van der Waals surface area contributed by atoms with E-state index in [4.69, 9.17) is 0 Å². The molecule has 1 N–H and O–H groups in total. The van der Waals surface area contributed by atoms with Gasteiger partial charge in [0.2, 0.25) is 5.78 Å². The molecule has 0 saturated heterocycles. The van der Waals surface area contributed by atoms with Crippen molar-refractivity contribution in [2.45, 2.75) is 13.3 Å². The molecule has 1 aliphatic heterocycles. The van der Waals surface area contributed by atoms with E-state index in [1.807, 2.05) is 19.1 Å². The Morgan fingerprint density at radius 3 is 3.19 bits per heavy atom. The van der Waals surface area contributed by atoms with Gasteiger partial charge in [0.05, 0.1) is 11.4 Å². The number of Topliss-reactive ketones (excluding diaryl/α,β-unsaturated/α-hetero) is 1. The van der Waals surface area contributed by atoms with E-state index in [1.54, 1.807) is 11.8 Å². The average molecular weight is 232 g/mol. The summed E-state index contributed by atoms with van der Waals surface area (Å²) in [4.78, 5) is 17.8. The maximum Gasteiger partial charge on any atom is 0.211 e. The maximum atomic E-state index is 12.2. The van der Waals surface area contributed by atoms with Crippen LogP contribution in [0.2, 0.25) is 0 Å². The summed E-state index contributed by atoms with van der Waals surface area (Å²) in [6, 6.07) is 3.79. The Kier molecular flexibility index (Phi) is 2.24. The smallest absolute Gasteiger partial charge is 0.211 e. The Bertz CT molecular complexity index is 508. The molecule has 0 aromatic carbocycles. The van der Waals surface area contributed by atoms with Crippen LogP contribution in [-0.4, -0.2) is 23.1 Å². The lowest BCUT2D eigenvalue weighted by atomic mass is 9.97. The van der Waals surface area contributed by atoms with Crippen LogP contribution in [0, 0.1) is 6.92 Å². The molecule has 0 bridgehead atoms. The highest BCUT2D eigenvalue weighted by Gasteiger charge is 2.28. The quantitative estimate of drug-likeness (QED) is 0.739. The molecule has 1 aromatic heterocycles. The number of hydrogen-bond acceptors (Lipinski definition) is 4. The topological polar surface area (TPSA) is 42.0 Å². The molecule has 16 heavy (non-hydrogen) atoms. The summed E-state index contributed by atoms with van der Waals surface area (Å²) in [6.45, 7) is 2.84. The van der Waals surface area contributed by atoms with Gasteiger partial charge in [0.1, 0.15) is 0 Å². The molecule has 82 valence electrons. The summed E-state index contributed by atoms with van der Waals surface area (Å²) in [7, 11) is 0. The Balaban J connectivity index is 2.10. The number of carbonyl (C=O) groups is 1. The van der Waals surface area contributed by atoms with Crippen LogP contribution in [-0.2, 0) is 6.42 Å². The summed E-state index contributed by atoms with van der Waals surface area (Å²) in [5, 5.41) is 3.21. The van der Waals surface area contributed by atoms with E-state index in [-0.39, 0.29) is 5.78 Å². The van der Waals surface area contributed by atoms with E-state index in [0.29, 0.717) is 0 Å². The van der Waals surface area contributed by atoms with E-state index in [1.165, 1.54) is 0 Å². The molecule has 1 aromatic rings. The van der Waals surface area contributed by atoms with Crippen LogP contribution < -0.4 is 5.32 Å². The molecule has 0 saturated carbocycles. The fourth-order valence-corrected chi connectivity index (χ4v) is 3.10. The molecule has 4 heteroatoms. The van der Waals surface area contributed by atoms with Gasteiger partial charge in [-0.3, -0.25) is 9.78 Å². The van der Waals surface area contributed by atoms with Crippen molar-refractivity contribution in [2.24, 2.45) is 0 Å². The first-order chi connectivity index (χ1) is 7.75. The molecule has 0 atom stereocenters. The molecule has 0 radical (unpaired) electrons. The van der Waals surface area contributed by atoms with Crippen molar-refractivity contribution in [3.63, 3.8) is 0 Å². The van der Waals surface area contributed by atoms with E-state index in [2.05, 4.69) is 10.3 Å². The molecule has 3 nitrogen and oxygen atoms in total. The highest BCUT2D eigenvalue weighted by molar-refractivity contribution is 8.03. The van der Waals surface area contributed by atoms with Gasteiger partial charge in [0.25, 0.3) is 0 Å². The molecular formula is C12H12N2OS. The Morgan fingerprint density at radius 2 is 2.31 bits per heavy atom. The van der Waals surface area contributed by atoms with Crippen molar-refractivity contribution < 1.29 is 4.79 Å². The summed E-state index contributed by atoms with van der Waals surface area (Å²) in [5.41, 5.74) is 3.47. The molecule has 0 fully saturated rings. The molecule has 0 spiro atoms. The number of nitrogens with zero attached hydrogens (tertiary/aromatic N) is 1. The summed E-state index contributed by atoms with van der Waals surface area (Å²) >= 11 is 1.78. The standard InChI is InChI=1S/C12H12N2OS/c1-7-2-3-8-9(14-7)6-10-11(12(8)15)13-4-5-16-10/h2-3,13H,4-6H2,1H3. The second-order valence-corrected chi connectivity index (χ2v) is 5.22. The zero-order chi connectivity index (χ0) is 11.1. The SMILES string of the molecule is Cc1ccc2c(n1)CC1=C(NCCS1)C2=O. The Hall–Kier alpha value is -1.29. The lowest BCUT2D eigenvalue weighted by Crippen LogP contribution is -2.32. The Morgan fingerprint density at radius 1 is 1.44 bits per heavy atom. The van der Waals surface area contributed by atoms with Gasteiger partial charge in [-0.05, 0) is 19.1 Å². The van der Waals surface area contributed by atoms with Crippen LogP contribution in [0.1, 0.15) is 21.7 Å². The number of fused-ring (bicyclic) bond motifs is 1. The molecular weight excluding hydrogens is 220 g/mol. The zero-order valence-electron chi connectivity index (χ0n) is 9.04. The second kappa shape index (κ2) is 3.63. The van der Waals surface area contributed by atoms with Crippen LogP contribution in [0.4, 0.5) is 0 Å². The fourth-order valence-electron chi connectivity index (χ4n) is 2.11. The third-order valence-corrected chi connectivity index (χ3v) is 3.98. The minimum Gasteiger partial charge on any atom is -0.380 e. The lowest BCUT2D eigenvalue weighted by molar-refractivity contribution is 0.102. The number of carbonyl (C=O) groups excluding carboxylic acids is 1. The molecule has 2 heterocycles. The van der Waals surface area contributed by atoms with Crippen molar-refractivity contribution in [1.82, 2.24) is 10.3 Å². The predicted molar refractivity (Wildman–Crippen MR) is 64.5 cm³/mol. The van der Waals surface area contributed by atoms with E-state index in [9.17, 15) is 4.79 Å². The van der Waals surface area contributed by atoms with Gasteiger partial charge in [-0.1, -0.05) is 0 Å². The first-order valence-electron chi connectivity index (χ1n) is 5.37. The van der Waals surface area contributed by atoms with E-state index >= 15 is 0 Å². The van der Waals surface area contributed by atoms with Crippen molar-refractivity contribution in [1.29, 1.82) is 0 Å². The maximum absolute atomic E-state index is 12.2. The number of rotatable bonds is 0. The normalized spacial score (nSPS) is 18.9. The highest BCUT2D eigenvalue weighted by Crippen LogP contribution is 2.32. The third-order valence-electron chi connectivity index (χ3n) is 2.87. The molecule has 0 amide bonds. The summed E-state index contributed by atoms with van der Waals surface area (Å²) < 4.78 is 0. The highest BCUT2D eigenvalue weighted by atomic mass is 32.2. The monoisotopic (exact) mass is 232 g/mol. The number of thioether (sulfide) groups is 1. The molecule has 2 aliphatic rings. The fraction of sp³-hybridized carbons (Fsp3) is 0.333. The first-order valence-corrected chi connectivity index (χ1v) is 6.35. The Labute approximate surface area is 98.3 Å². The zero-order valence-corrected chi connectivity index (χ0v) is 9.86. The summed E-state index contributed by atoms with van der Waals surface area (Å²) in [5.74, 6) is 1.14. The van der Waals surface area contributed by atoms with Gasteiger partial charge < -0.3 is 5.32 Å². The van der Waals surface area contributed by atoms with Crippen molar-refractivity contribution >= 4 is 17.5 Å². The van der Waals surface area contributed by atoms with Gasteiger partial charge in [0.15, 0.2) is 0 Å². The number of allylic oxidation sites excluding steroid dienone is 2. The number of hydrogen-bond donors (Lipinski definition) is 1. The van der Waals surface area contributed by atoms with Crippen molar-refractivity contribution in [2.75, 3.05) is 12.3 Å². The lowest BCUT2D eigenvalue weighted by Gasteiger charge is -2.25. The van der Waals surface area contributed by atoms with Gasteiger partial charge >= 0.3 is 0 Å². The number of pyridine rings is 1. The average Bonchev–Trinajstić information content (AvgIpc) is 2.29. The van der Waals surface area contributed by atoms with Crippen LogP contribution in [0.3, 0.4) is 0 Å². The van der Waals surface area contributed by atoms with Gasteiger partial charge in [-0.15, -0.1) is 11.8 Å². The molecule has 1 aliphatic carbocycles. The first kappa shape index (κ1) is 9.90. The van der Waals surface area contributed by atoms with Crippen LogP contribution in [0.15, 0.2) is 22.7 Å². The van der Waals surface area contributed by atoms with Crippen molar-refractivity contribution in [3.05, 3.63) is 39.7 Å². The minimum absolute atomic E-state index is 0.107.